The molecule has 1 heterocycles. The lowest BCUT2D eigenvalue weighted by Gasteiger charge is -2.29. The van der Waals surface area contributed by atoms with Crippen molar-refractivity contribution in [2.75, 3.05) is 13.1 Å². The number of benzene rings is 1. The van der Waals surface area contributed by atoms with Crippen molar-refractivity contribution >= 4 is 29.1 Å². The summed E-state index contributed by atoms with van der Waals surface area (Å²) in [6.45, 7) is 1.14. The van der Waals surface area contributed by atoms with Crippen molar-refractivity contribution in [3.05, 3.63) is 34.6 Å². The molecule has 0 radical (unpaired) electrons. The molecule has 5 heteroatoms. The zero-order valence-corrected chi connectivity index (χ0v) is 10.6. The van der Waals surface area contributed by atoms with Gasteiger partial charge in [0.2, 0.25) is 0 Å². The van der Waals surface area contributed by atoms with Crippen molar-refractivity contribution < 1.29 is 9.18 Å². The molecule has 1 fully saturated rings. The Morgan fingerprint density at radius 3 is 2.65 bits per heavy atom. The summed E-state index contributed by atoms with van der Waals surface area (Å²) >= 11 is 11.6. The molecular weight excluding hydrogens is 264 g/mol. The third-order valence-corrected chi connectivity index (χ3v) is 3.62. The molecular formula is C12H12Cl2FNO. The molecule has 0 atom stereocenters. The second-order valence-electron chi connectivity index (χ2n) is 4.07. The molecule has 0 N–H and O–H groups in total. The number of hydrogen-bond acceptors (Lipinski definition) is 1. The summed E-state index contributed by atoms with van der Waals surface area (Å²) in [6.07, 6.45) is 1.49. The van der Waals surface area contributed by atoms with E-state index in [1.165, 1.54) is 12.1 Å². The minimum Gasteiger partial charge on any atom is -0.338 e. The van der Waals surface area contributed by atoms with Gasteiger partial charge < -0.3 is 4.90 Å². The zero-order valence-electron chi connectivity index (χ0n) is 9.13. The van der Waals surface area contributed by atoms with E-state index in [-0.39, 0.29) is 21.9 Å². The third kappa shape index (κ3) is 2.72. The number of likely N-dealkylation sites (tertiary alicyclic amines) is 1. The van der Waals surface area contributed by atoms with Gasteiger partial charge in [-0.25, -0.2) is 4.39 Å². The summed E-state index contributed by atoms with van der Waals surface area (Å²) in [6, 6.07) is 4.46. The number of halogens is 3. The molecule has 0 aliphatic carbocycles. The molecule has 0 aromatic heterocycles. The number of carbonyl (C=O) groups excluding carboxylic acids is 1. The summed E-state index contributed by atoms with van der Waals surface area (Å²) in [5.74, 6) is -0.958. The molecule has 17 heavy (non-hydrogen) atoms. The first-order valence-electron chi connectivity index (χ1n) is 5.47. The van der Waals surface area contributed by atoms with Crippen LogP contribution in [0.5, 0.6) is 0 Å². The SMILES string of the molecule is O=C(c1cccc(Cl)c1F)N1CCC(Cl)CC1. The van der Waals surface area contributed by atoms with Crippen molar-refractivity contribution in [1.82, 2.24) is 4.90 Å². The summed E-state index contributed by atoms with van der Waals surface area (Å²) < 4.78 is 13.7. The van der Waals surface area contributed by atoms with E-state index in [1.807, 2.05) is 0 Å². The molecule has 0 bridgehead atoms. The van der Waals surface area contributed by atoms with Gasteiger partial charge >= 0.3 is 0 Å². The van der Waals surface area contributed by atoms with Crippen LogP contribution in [0.4, 0.5) is 4.39 Å². The first-order valence-corrected chi connectivity index (χ1v) is 6.28. The average Bonchev–Trinajstić information content (AvgIpc) is 2.33. The Labute approximate surface area is 109 Å². The zero-order chi connectivity index (χ0) is 12.4. The van der Waals surface area contributed by atoms with E-state index in [4.69, 9.17) is 23.2 Å². The lowest BCUT2D eigenvalue weighted by molar-refractivity contribution is 0.0722. The van der Waals surface area contributed by atoms with Gasteiger partial charge in [0.25, 0.3) is 5.91 Å². The average molecular weight is 276 g/mol. The van der Waals surface area contributed by atoms with Gasteiger partial charge in [0.05, 0.1) is 10.6 Å². The van der Waals surface area contributed by atoms with Crippen LogP contribution in [0.15, 0.2) is 18.2 Å². The standard InChI is InChI=1S/C12H12Cl2FNO/c13-8-4-6-16(7-5-8)12(17)9-2-1-3-10(14)11(9)15/h1-3,8H,4-7H2. The molecule has 92 valence electrons. The Bertz CT molecular complexity index is 431. The molecule has 0 unspecified atom stereocenters. The lowest BCUT2D eigenvalue weighted by atomic mass is 10.1. The Morgan fingerprint density at radius 1 is 1.35 bits per heavy atom. The first-order chi connectivity index (χ1) is 8.09. The number of amides is 1. The number of alkyl halides is 1. The predicted molar refractivity (Wildman–Crippen MR) is 66.2 cm³/mol. The quantitative estimate of drug-likeness (QED) is 0.720. The van der Waals surface area contributed by atoms with Crippen LogP contribution in [0.25, 0.3) is 0 Å². The summed E-state index contributed by atoms with van der Waals surface area (Å²) in [7, 11) is 0. The summed E-state index contributed by atoms with van der Waals surface area (Å²) in [5, 5.41) is 0.0892. The molecule has 1 aromatic rings. The van der Waals surface area contributed by atoms with Crippen LogP contribution in [0.1, 0.15) is 23.2 Å². The third-order valence-electron chi connectivity index (χ3n) is 2.89. The van der Waals surface area contributed by atoms with Gasteiger partial charge in [-0.05, 0) is 25.0 Å². The van der Waals surface area contributed by atoms with Gasteiger partial charge in [-0.15, -0.1) is 11.6 Å². The number of carbonyl (C=O) groups is 1. The van der Waals surface area contributed by atoms with Gasteiger partial charge in [-0.1, -0.05) is 17.7 Å². The van der Waals surface area contributed by atoms with E-state index in [2.05, 4.69) is 0 Å². The highest BCUT2D eigenvalue weighted by Gasteiger charge is 2.24. The fraction of sp³-hybridized carbons (Fsp3) is 0.417. The highest BCUT2D eigenvalue weighted by Crippen LogP contribution is 2.22. The van der Waals surface area contributed by atoms with Crippen molar-refractivity contribution in [2.45, 2.75) is 18.2 Å². The van der Waals surface area contributed by atoms with Crippen molar-refractivity contribution in [3.63, 3.8) is 0 Å². The van der Waals surface area contributed by atoms with Gasteiger partial charge in [0.15, 0.2) is 5.82 Å². The second kappa shape index (κ2) is 5.23. The fourth-order valence-electron chi connectivity index (χ4n) is 1.89. The minimum atomic E-state index is -0.646. The van der Waals surface area contributed by atoms with E-state index in [1.54, 1.807) is 11.0 Å². The maximum Gasteiger partial charge on any atom is 0.256 e. The van der Waals surface area contributed by atoms with Crippen LogP contribution in [0.2, 0.25) is 5.02 Å². The van der Waals surface area contributed by atoms with E-state index in [0.29, 0.717) is 13.1 Å². The van der Waals surface area contributed by atoms with Gasteiger partial charge in [0, 0.05) is 18.5 Å². The van der Waals surface area contributed by atoms with Crippen molar-refractivity contribution in [1.29, 1.82) is 0 Å². The number of piperidine rings is 1. The summed E-state index contributed by atoms with van der Waals surface area (Å²) in [5.41, 5.74) is 0.0329. The molecule has 0 saturated carbocycles. The molecule has 1 aromatic carbocycles. The van der Waals surface area contributed by atoms with E-state index in [0.717, 1.165) is 12.8 Å². The van der Waals surface area contributed by atoms with Crippen molar-refractivity contribution in [2.24, 2.45) is 0 Å². The van der Waals surface area contributed by atoms with Gasteiger partial charge in [-0.3, -0.25) is 4.79 Å². The normalized spacial score (nSPS) is 17.2. The first kappa shape index (κ1) is 12.7. The highest BCUT2D eigenvalue weighted by molar-refractivity contribution is 6.31. The van der Waals surface area contributed by atoms with Crippen LogP contribution in [-0.2, 0) is 0 Å². The molecule has 1 amide bonds. The Hall–Kier alpha value is -0.800. The molecule has 0 spiro atoms. The van der Waals surface area contributed by atoms with E-state index < -0.39 is 5.82 Å². The smallest absolute Gasteiger partial charge is 0.256 e. The maximum atomic E-state index is 13.7. The molecule has 1 saturated heterocycles. The Morgan fingerprint density at radius 2 is 2.00 bits per heavy atom. The largest absolute Gasteiger partial charge is 0.338 e. The van der Waals surface area contributed by atoms with Gasteiger partial charge in [-0.2, -0.15) is 0 Å². The monoisotopic (exact) mass is 275 g/mol. The Balaban J connectivity index is 2.17. The molecule has 2 rings (SSSR count). The predicted octanol–water partition coefficient (Wildman–Crippen LogP) is 3.32. The molecule has 1 aliphatic rings. The van der Waals surface area contributed by atoms with Crippen LogP contribution in [-0.4, -0.2) is 29.3 Å². The second-order valence-corrected chi connectivity index (χ2v) is 5.09. The van der Waals surface area contributed by atoms with Crippen LogP contribution in [0, 0.1) is 5.82 Å². The molecule has 2 nitrogen and oxygen atoms in total. The van der Waals surface area contributed by atoms with Crippen molar-refractivity contribution in [3.8, 4) is 0 Å². The summed E-state index contributed by atoms with van der Waals surface area (Å²) in [4.78, 5) is 13.7. The van der Waals surface area contributed by atoms with Crippen LogP contribution >= 0.6 is 23.2 Å². The van der Waals surface area contributed by atoms with E-state index >= 15 is 0 Å². The lowest BCUT2D eigenvalue weighted by Crippen LogP contribution is -2.39. The number of hydrogen-bond donors (Lipinski definition) is 0. The number of rotatable bonds is 1. The minimum absolute atomic E-state index is 0.0249. The number of nitrogens with zero attached hydrogens (tertiary/aromatic N) is 1. The topological polar surface area (TPSA) is 20.3 Å². The van der Waals surface area contributed by atoms with E-state index in [9.17, 15) is 9.18 Å². The molecule has 1 aliphatic heterocycles. The van der Waals surface area contributed by atoms with Gasteiger partial charge in [0.1, 0.15) is 0 Å². The van der Waals surface area contributed by atoms with Crippen LogP contribution in [0.3, 0.4) is 0 Å². The fourth-order valence-corrected chi connectivity index (χ4v) is 2.26. The highest BCUT2D eigenvalue weighted by atomic mass is 35.5. The maximum absolute atomic E-state index is 13.7. The Kier molecular flexibility index (Phi) is 3.89. The van der Waals surface area contributed by atoms with Crippen LogP contribution < -0.4 is 0 Å².